The number of aliphatic hydroxyl groups is 1. The number of allylic oxidation sites excluding steroid dienone is 7. The van der Waals surface area contributed by atoms with Gasteiger partial charge in [0.25, 0.3) is 0 Å². The Morgan fingerprint density at radius 2 is 2.00 bits per heavy atom. The summed E-state index contributed by atoms with van der Waals surface area (Å²) in [6.07, 6.45) is 12.5. The first kappa shape index (κ1) is 24.0. The van der Waals surface area contributed by atoms with Gasteiger partial charge < -0.3 is 14.3 Å². The molecule has 0 aliphatic carbocycles. The Morgan fingerprint density at radius 1 is 1.26 bits per heavy atom. The summed E-state index contributed by atoms with van der Waals surface area (Å²) in [6.45, 7) is 15.6. The van der Waals surface area contributed by atoms with Crippen molar-refractivity contribution in [1.29, 1.82) is 0 Å². The molecule has 2 rings (SSSR count). The summed E-state index contributed by atoms with van der Waals surface area (Å²) in [7, 11) is 0. The van der Waals surface area contributed by atoms with Gasteiger partial charge in [-0.1, -0.05) is 49.6 Å². The van der Waals surface area contributed by atoms with Crippen LogP contribution in [0.25, 0.3) is 5.57 Å². The SMILES string of the molecule is C=CCCC(Cc1ccc(OCCc2nc(/C(C=C)=C/C=C\C)oc2C)cc1)C(=C)O. The van der Waals surface area contributed by atoms with E-state index < -0.39 is 0 Å². The third-order valence-corrected chi connectivity index (χ3v) is 5.03. The summed E-state index contributed by atoms with van der Waals surface area (Å²) in [5.74, 6) is 2.43. The molecule has 1 aromatic heterocycles. The minimum absolute atomic E-state index is 0.0384. The van der Waals surface area contributed by atoms with Crippen LogP contribution in [-0.2, 0) is 12.8 Å². The van der Waals surface area contributed by atoms with Crippen molar-refractivity contribution in [2.45, 2.75) is 39.5 Å². The molecule has 4 heteroatoms. The number of rotatable bonds is 13. The molecule has 0 spiro atoms. The van der Waals surface area contributed by atoms with Crippen molar-refractivity contribution in [1.82, 2.24) is 4.98 Å². The molecule has 0 aliphatic rings. The fraction of sp³-hybridized carbons (Fsp3) is 0.296. The molecule has 0 saturated heterocycles. The Hall–Kier alpha value is -3.27. The third-order valence-electron chi connectivity index (χ3n) is 5.03. The maximum absolute atomic E-state index is 9.82. The summed E-state index contributed by atoms with van der Waals surface area (Å²) in [5.41, 5.74) is 2.87. The molecule has 1 heterocycles. The van der Waals surface area contributed by atoms with Crippen LogP contribution >= 0.6 is 0 Å². The number of aryl methyl sites for hydroxylation is 1. The second-order valence-corrected chi connectivity index (χ2v) is 7.37. The number of aromatic nitrogens is 1. The second kappa shape index (κ2) is 12.4. The Morgan fingerprint density at radius 3 is 2.61 bits per heavy atom. The Balaban J connectivity index is 1.92. The molecular weight excluding hydrogens is 386 g/mol. The van der Waals surface area contributed by atoms with E-state index >= 15 is 0 Å². The monoisotopic (exact) mass is 419 g/mol. The van der Waals surface area contributed by atoms with E-state index in [0.29, 0.717) is 18.9 Å². The lowest BCUT2D eigenvalue weighted by Crippen LogP contribution is -2.07. The number of benzene rings is 1. The molecule has 4 nitrogen and oxygen atoms in total. The molecular formula is C27H33NO3. The predicted octanol–water partition coefficient (Wildman–Crippen LogP) is 6.95. The van der Waals surface area contributed by atoms with Crippen LogP contribution in [0.1, 0.15) is 42.7 Å². The van der Waals surface area contributed by atoms with Gasteiger partial charge in [-0.3, -0.25) is 0 Å². The van der Waals surface area contributed by atoms with Crippen LogP contribution in [0.3, 0.4) is 0 Å². The van der Waals surface area contributed by atoms with Crippen molar-refractivity contribution in [3.63, 3.8) is 0 Å². The molecule has 31 heavy (non-hydrogen) atoms. The van der Waals surface area contributed by atoms with Gasteiger partial charge in [0.1, 0.15) is 11.5 Å². The largest absolute Gasteiger partial charge is 0.513 e. The zero-order valence-corrected chi connectivity index (χ0v) is 18.6. The molecule has 164 valence electrons. The lowest BCUT2D eigenvalue weighted by atomic mass is 9.93. The van der Waals surface area contributed by atoms with Gasteiger partial charge in [0, 0.05) is 17.9 Å². The van der Waals surface area contributed by atoms with Gasteiger partial charge in [0.05, 0.1) is 18.1 Å². The maximum atomic E-state index is 9.82. The molecule has 1 unspecified atom stereocenters. The predicted molar refractivity (Wildman–Crippen MR) is 128 cm³/mol. The highest BCUT2D eigenvalue weighted by molar-refractivity contribution is 5.69. The fourth-order valence-electron chi connectivity index (χ4n) is 3.19. The molecule has 1 atom stereocenters. The standard InChI is InChI=1S/C27H33NO3/c1-6-9-11-23(8-3)27-28-26(21(5)31-27)17-18-30-25-15-13-22(14-16-25)19-24(20(4)29)12-10-7-2/h6-9,11,13-16,24,29H,2-4,10,12,17-19H2,1,5H3/b9-6-,23-11+. The maximum Gasteiger partial charge on any atom is 0.226 e. The van der Waals surface area contributed by atoms with E-state index in [-0.39, 0.29) is 11.7 Å². The van der Waals surface area contributed by atoms with Crippen LogP contribution in [0.4, 0.5) is 0 Å². The van der Waals surface area contributed by atoms with E-state index in [1.165, 1.54) is 0 Å². The smallest absolute Gasteiger partial charge is 0.226 e. The number of ether oxygens (including phenoxy) is 1. The average molecular weight is 420 g/mol. The van der Waals surface area contributed by atoms with Crippen molar-refractivity contribution >= 4 is 5.57 Å². The molecule has 0 fully saturated rings. The minimum atomic E-state index is 0.0384. The van der Waals surface area contributed by atoms with Crippen molar-refractivity contribution < 1.29 is 14.3 Å². The van der Waals surface area contributed by atoms with Crippen LogP contribution in [0.5, 0.6) is 5.75 Å². The van der Waals surface area contributed by atoms with Gasteiger partial charge in [-0.2, -0.15) is 0 Å². The molecule has 0 saturated carbocycles. The Bertz CT molecular complexity index is 932. The molecule has 1 N–H and O–H groups in total. The number of hydrogen-bond donors (Lipinski definition) is 1. The van der Waals surface area contributed by atoms with Crippen LogP contribution in [0.2, 0.25) is 0 Å². The first-order chi connectivity index (χ1) is 15.0. The number of nitrogens with zero attached hydrogens (tertiary/aromatic N) is 1. The van der Waals surface area contributed by atoms with Crippen LogP contribution < -0.4 is 4.74 Å². The summed E-state index contributed by atoms with van der Waals surface area (Å²) < 4.78 is 11.7. The highest BCUT2D eigenvalue weighted by atomic mass is 16.5. The van der Waals surface area contributed by atoms with Gasteiger partial charge >= 0.3 is 0 Å². The minimum Gasteiger partial charge on any atom is -0.513 e. The lowest BCUT2D eigenvalue weighted by Gasteiger charge is -2.15. The van der Waals surface area contributed by atoms with E-state index in [1.54, 1.807) is 6.08 Å². The molecule has 0 amide bonds. The first-order valence-electron chi connectivity index (χ1n) is 10.6. The van der Waals surface area contributed by atoms with Crippen molar-refractivity contribution in [3.8, 4) is 5.75 Å². The molecule has 0 aliphatic heterocycles. The van der Waals surface area contributed by atoms with Gasteiger partial charge in [-0.15, -0.1) is 6.58 Å². The molecule has 0 bridgehead atoms. The quantitative estimate of drug-likeness (QED) is 0.217. The van der Waals surface area contributed by atoms with Gasteiger partial charge in [-0.05, 0) is 56.9 Å². The third kappa shape index (κ3) is 7.49. The van der Waals surface area contributed by atoms with Gasteiger partial charge in [0.2, 0.25) is 5.89 Å². The summed E-state index contributed by atoms with van der Waals surface area (Å²) in [6, 6.07) is 7.97. The molecule has 1 aromatic carbocycles. The van der Waals surface area contributed by atoms with Gasteiger partial charge in [0.15, 0.2) is 0 Å². The normalized spacial score (nSPS) is 12.6. The highest BCUT2D eigenvalue weighted by Gasteiger charge is 2.13. The van der Waals surface area contributed by atoms with Crippen LogP contribution in [0, 0.1) is 12.8 Å². The number of aliphatic hydroxyl groups excluding tert-OH is 1. The molecule has 2 aromatic rings. The lowest BCUT2D eigenvalue weighted by molar-refractivity contribution is 0.317. The van der Waals surface area contributed by atoms with Gasteiger partial charge in [-0.25, -0.2) is 4.98 Å². The summed E-state index contributed by atoms with van der Waals surface area (Å²) in [5, 5.41) is 9.82. The van der Waals surface area contributed by atoms with E-state index in [1.807, 2.05) is 62.4 Å². The second-order valence-electron chi connectivity index (χ2n) is 7.37. The van der Waals surface area contributed by atoms with Crippen molar-refractivity contribution in [3.05, 3.63) is 103 Å². The van der Waals surface area contributed by atoms with Crippen molar-refractivity contribution in [2.24, 2.45) is 5.92 Å². The molecule has 0 radical (unpaired) electrons. The number of oxazole rings is 1. The number of hydrogen-bond acceptors (Lipinski definition) is 4. The first-order valence-corrected chi connectivity index (χ1v) is 10.6. The average Bonchev–Trinajstić information content (AvgIpc) is 3.12. The summed E-state index contributed by atoms with van der Waals surface area (Å²) >= 11 is 0. The zero-order chi connectivity index (χ0) is 22.6. The van der Waals surface area contributed by atoms with E-state index in [4.69, 9.17) is 9.15 Å². The Kier molecular flexibility index (Phi) is 9.63. The van der Waals surface area contributed by atoms with Crippen LogP contribution in [-0.4, -0.2) is 16.7 Å². The highest BCUT2D eigenvalue weighted by Crippen LogP contribution is 2.23. The van der Waals surface area contributed by atoms with E-state index in [2.05, 4.69) is 24.7 Å². The van der Waals surface area contributed by atoms with Crippen LogP contribution in [0.15, 0.2) is 84.6 Å². The van der Waals surface area contributed by atoms with E-state index in [9.17, 15) is 5.11 Å². The topological polar surface area (TPSA) is 55.5 Å². The zero-order valence-electron chi connectivity index (χ0n) is 18.6. The van der Waals surface area contributed by atoms with Crippen molar-refractivity contribution in [2.75, 3.05) is 6.61 Å². The summed E-state index contributed by atoms with van der Waals surface area (Å²) in [4.78, 5) is 4.59. The van der Waals surface area contributed by atoms with E-state index in [0.717, 1.165) is 47.6 Å². The Labute approximate surface area is 186 Å². The fourth-order valence-corrected chi connectivity index (χ4v) is 3.19.